The zero-order valence-electron chi connectivity index (χ0n) is 8.51. The summed E-state index contributed by atoms with van der Waals surface area (Å²) in [5.74, 6) is 0. The van der Waals surface area contributed by atoms with E-state index < -0.39 is 0 Å². The molecule has 0 spiro atoms. The Morgan fingerprint density at radius 1 is 1.29 bits per heavy atom. The zero-order valence-corrected chi connectivity index (χ0v) is 8.51. The van der Waals surface area contributed by atoms with Gasteiger partial charge in [-0.1, -0.05) is 25.1 Å². The Kier molecular flexibility index (Phi) is 2.84. The van der Waals surface area contributed by atoms with Crippen molar-refractivity contribution in [2.24, 2.45) is 0 Å². The summed E-state index contributed by atoms with van der Waals surface area (Å²) in [6.07, 6.45) is 3.27. The van der Waals surface area contributed by atoms with Crippen LogP contribution in [0.1, 0.15) is 18.9 Å². The molecule has 0 saturated carbocycles. The Hall–Kier alpha value is -1.28. The average Bonchev–Trinajstić information content (AvgIpc) is 2.63. The Balaban J connectivity index is 2.17. The van der Waals surface area contributed by atoms with E-state index in [1.54, 1.807) is 0 Å². The fraction of sp³-hybridized carbons (Fsp3) is 0.333. The third-order valence-electron chi connectivity index (χ3n) is 2.42. The third-order valence-corrected chi connectivity index (χ3v) is 2.42. The molecule has 0 aliphatic rings. The van der Waals surface area contributed by atoms with Crippen molar-refractivity contribution >= 4 is 10.9 Å². The quantitative estimate of drug-likeness (QED) is 0.709. The van der Waals surface area contributed by atoms with Crippen molar-refractivity contribution < 1.29 is 0 Å². The van der Waals surface area contributed by atoms with Gasteiger partial charge in [0.1, 0.15) is 0 Å². The molecule has 0 atom stereocenters. The standard InChI is InChI=1S/C12H16N2/c1-2-7-13-8-10-9-14-12-6-4-3-5-11(10)12/h3-6,9,13-14H,2,7-8H2,1H3. The zero-order chi connectivity index (χ0) is 9.80. The SMILES string of the molecule is CCCNCc1c[nH]c2ccccc12. The number of para-hydroxylation sites is 1. The van der Waals surface area contributed by atoms with Crippen LogP contribution < -0.4 is 5.32 Å². The minimum absolute atomic E-state index is 0.956. The summed E-state index contributed by atoms with van der Waals surface area (Å²) in [4.78, 5) is 3.28. The number of rotatable bonds is 4. The topological polar surface area (TPSA) is 27.8 Å². The van der Waals surface area contributed by atoms with Gasteiger partial charge in [-0.25, -0.2) is 0 Å². The first kappa shape index (κ1) is 9.28. The first-order valence-corrected chi connectivity index (χ1v) is 5.17. The van der Waals surface area contributed by atoms with E-state index in [2.05, 4.69) is 47.7 Å². The number of H-pyrrole nitrogens is 1. The first-order valence-electron chi connectivity index (χ1n) is 5.17. The fourth-order valence-electron chi connectivity index (χ4n) is 1.68. The molecule has 2 nitrogen and oxygen atoms in total. The summed E-state index contributed by atoms with van der Waals surface area (Å²) >= 11 is 0. The lowest BCUT2D eigenvalue weighted by molar-refractivity contribution is 0.678. The Morgan fingerprint density at radius 3 is 3.00 bits per heavy atom. The number of hydrogen-bond donors (Lipinski definition) is 2. The largest absolute Gasteiger partial charge is 0.361 e. The van der Waals surface area contributed by atoms with Gasteiger partial charge in [0.05, 0.1) is 0 Å². The van der Waals surface area contributed by atoms with Gasteiger partial charge in [-0.3, -0.25) is 0 Å². The van der Waals surface area contributed by atoms with Gasteiger partial charge >= 0.3 is 0 Å². The maximum absolute atomic E-state index is 3.41. The maximum Gasteiger partial charge on any atom is 0.0457 e. The van der Waals surface area contributed by atoms with Crippen LogP contribution in [0.3, 0.4) is 0 Å². The molecule has 2 heteroatoms. The molecule has 1 aromatic heterocycles. The highest BCUT2D eigenvalue weighted by Gasteiger charge is 2.00. The predicted molar refractivity (Wildman–Crippen MR) is 60.3 cm³/mol. The van der Waals surface area contributed by atoms with Crippen LogP contribution in [-0.2, 0) is 6.54 Å². The molecule has 14 heavy (non-hydrogen) atoms. The molecule has 0 unspecified atom stereocenters. The van der Waals surface area contributed by atoms with Crippen molar-refractivity contribution in [2.75, 3.05) is 6.54 Å². The maximum atomic E-state index is 3.41. The number of fused-ring (bicyclic) bond motifs is 1. The lowest BCUT2D eigenvalue weighted by atomic mass is 10.2. The number of benzene rings is 1. The fourth-order valence-corrected chi connectivity index (χ4v) is 1.68. The minimum Gasteiger partial charge on any atom is -0.361 e. The van der Waals surface area contributed by atoms with Crippen LogP contribution in [0.2, 0.25) is 0 Å². The minimum atomic E-state index is 0.956. The second-order valence-corrected chi connectivity index (χ2v) is 3.54. The van der Waals surface area contributed by atoms with Crippen molar-refractivity contribution in [1.82, 2.24) is 10.3 Å². The van der Waals surface area contributed by atoms with E-state index in [1.165, 1.54) is 22.9 Å². The molecule has 0 aliphatic heterocycles. The molecule has 0 bridgehead atoms. The first-order chi connectivity index (χ1) is 6.92. The molecule has 0 radical (unpaired) electrons. The van der Waals surface area contributed by atoms with Crippen molar-refractivity contribution in [1.29, 1.82) is 0 Å². The van der Waals surface area contributed by atoms with Crippen molar-refractivity contribution in [3.63, 3.8) is 0 Å². The van der Waals surface area contributed by atoms with Gasteiger partial charge in [-0.05, 0) is 24.6 Å². The third kappa shape index (κ3) is 1.80. The summed E-state index contributed by atoms with van der Waals surface area (Å²) in [6, 6.07) is 8.41. The highest BCUT2D eigenvalue weighted by molar-refractivity contribution is 5.82. The highest BCUT2D eigenvalue weighted by Crippen LogP contribution is 2.16. The van der Waals surface area contributed by atoms with Crippen LogP contribution in [0.4, 0.5) is 0 Å². The van der Waals surface area contributed by atoms with Gasteiger partial charge in [0.2, 0.25) is 0 Å². The summed E-state index contributed by atoms with van der Waals surface area (Å²) in [6.45, 7) is 4.22. The number of aromatic nitrogens is 1. The van der Waals surface area contributed by atoms with Crippen LogP contribution in [0, 0.1) is 0 Å². The Bertz CT molecular complexity index is 403. The molecular formula is C12H16N2. The van der Waals surface area contributed by atoms with Gasteiger partial charge in [0.25, 0.3) is 0 Å². The molecule has 1 aromatic carbocycles. The summed E-state index contributed by atoms with van der Waals surface area (Å²) in [7, 11) is 0. The van der Waals surface area contributed by atoms with E-state index in [9.17, 15) is 0 Å². The Labute approximate surface area is 84.3 Å². The second kappa shape index (κ2) is 4.29. The molecule has 0 aliphatic carbocycles. The molecule has 1 heterocycles. The summed E-state index contributed by atoms with van der Waals surface area (Å²) in [5.41, 5.74) is 2.58. The van der Waals surface area contributed by atoms with Gasteiger partial charge in [-0.2, -0.15) is 0 Å². The molecule has 0 saturated heterocycles. The predicted octanol–water partition coefficient (Wildman–Crippen LogP) is 2.67. The van der Waals surface area contributed by atoms with E-state index >= 15 is 0 Å². The monoisotopic (exact) mass is 188 g/mol. The molecule has 2 aromatic rings. The van der Waals surface area contributed by atoms with Gasteiger partial charge in [-0.15, -0.1) is 0 Å². The lowest BCUT2D eigenvalue weighted by Crippen LogP contribution is -2.13. The highest BCUT2D eigenvalue weighted by atomic mass is 14.9. The average molecular weight is 188 g/mol. The van der Waals surface area contributed by atoms with Crippen LogP contribution in [0.15, 0.2) is 30.5 Å². The molecule has 0 fully saturated rings. The van der Waals surface area contributed by atoms with Crippen LogP contribution >= 0.6 is 0 Å². The van der Waals surface area contributed by atoms with E-state index in [-0.39, 0.29) is 0 Å². The van der Waals surface area contributed by atoms with E-state index in [1.807, 2.05) is 0 Å². The number of aromatic amines is 1. The summed E-state index contributed by atoms with van der Waals surface area (Å²) in [5, 5.41) is 4.74. The number of nitrogens with one attached hydrogen (secondary N) is 2. The van der Waals surface area contributed by atoms with Crippen LogP contribution in [-0.4, -0.2) is 11.5 Å². The van der Waals surface area contributed by atoms with Crippen molar-refractivity contribution in [3.05, 3.63) is 36.0 Å². The molecule has 2 N–H and O–H groups in total. The molecular weight excluding hydrogens is 172 g/mol. The van der Waals surface area contributed by atoms with Gasteiger partial charge < -0.3 is 10.3 Å². The van der Waals surface area contributed by atoms with Gasteiger partial charge in [0.15, 0.2) is 0 Å². The van der Waals surface area contributed by atoms with Gasteiger partial charge in [0, 0.05) is 23.6 Å². The van der Waals surface area contributed by atoms with Crippen LogP contribution in [0.5, 0.6) is 0 Å². The van der Waals surface area contributed by atoms with E-state index in [0.29, 0.717) is 0 Å². The smallest absolute Gasteiger partial charge is 0.0457 e. The van der Waals surface area contributed by atoms with E-state index in [4.69, 9.17) is 0 Å². The van der Waals surface area contributed by atoms with E-state index in [0.717, 1.165) is 13.1 Å². The van der Waals surface area contributed by atoms with Crippen molar-refractivity contribution in [2.45, 2.75) is 19.9 Å². The molecule has 2 rings (SSSR count). The lowest BCUT2D eigenvalue weighted by Gasteiger charge is -2.00. The Morgan fingerprint density at radius 2 is 2.14 bits per heavy atom. The van der Waals surface area contributed by atoms with Crippen LogP contribution in [0.25, 0.3) is 10.9 Å². The normalized spacial score (nSPS) is 10.9. The molecule has 74 valence electrons. The number of hydrogen-bond acceptors (Lipinski definition) is 1. The van der Waals surface area contributed by atoms with Crippen molar-refractivity contribution in [3.8, 4) is 0 Å². The molecule has 0 amide bonds. The summed E-state index contributed by atoms with van der Waals surface area (Å²) < 4.78 is 0. The second-order valence-electron chi connectivity index (χ2n) is 3.54.